The number of carboxylic acid groups (broad SMARTS) is 1. The Morgan fingerprint density at radius 2 is 1.97 bits per heavy atom. The first-order chi connectivity index (χ1) is 13.4. The molecule has 10 heteroatoms. The largest absolute Gasteiger partial charge is 0.478 e. The highest BCUT2D eigenvalue weighted by Crippen LogP contribution is 2.39. The lowest BCUT2D eigenvalue weighted by Crippen LogP contribution is -2.29. The Bertz CT molecular complexity index is 1040. The number of nitro benzene ring substituents is 1. The Balaban J connectivity index is 2.64. The molecule has 0 saturated carbocycles. The maximum Gasteiger partial charge on any atom is 0.334 e. The van der Waals surface area contributed by atoms with Crippen LogP contribution in [0.3, 0.4) is 0 Å². The molecule has 0 radical (unpaired) electrons. The molecule has 0 amide bonds. The Kier molecular flexibility index (Phi) is 6.60. The van der Waals surface area contributed by atoms with Crippen LogP contribution in [0.15, 0.2) is 58.3 Å². The number of sulfonamides is 1. The Labute approximate surface area is 169 Å². The van der Waals surface area contributed by atoms with Crippen LogP contribution in [0, 0.1) is 10.1 Å². The van der Waals surface area contributed by atoms with E-state index >= 15 is 0 Å². The second-order valence-electron chi connectivity index (χ2n) is 6.95. The molecule has 0 spiro atoms. The molecule has 1 aliphatic rings. The molecule has 3 N–H and O–H groups in total. The molecule has 0 saturated heterocycles. The van der Waals surface area contributed by atoms with E-state index in [9.17, 15) is 28.4 Å². The van der Waals surface area contributed by atoms with Crippen LogP contribution in [0.4, 0.5) is 5.69 Å². The van der Waals surface area contributed by atoms with E-state index in [4.69, 9.17) is 0 Å². The molecule has 0 aromatic heterocycles. The molecule has 0 unspecified atom stereocenters. The summed E-state index contributed by atoms with van der Waals surface area (Å²) in [4.78, 5) is 22.6. The first-order valence-electron chi connectivity index (χ1n) is 8.79. The molecular weight excluding hydrogens is 398 g/mol. The highest BCUT2D eigenvalue weighted by molar-refractivity contribution is 7.92. The fourth-order valence-corrected chi connectivity index (χ4v) is 4.27. The highest BCUT2D eigenvalue weighted by atomic mass is 32.2. The fourth-order valence-electron chi connectivity index (χ4n) is 3.21. The SMILES string of the molecule is CC1=C(/C=C/S(=O)(=O)NC(C)C)[C@H](c2cccc([N+](=O)[O-])c2)C(C(=O)O)=C(C)N1. The predicted molar refractivity (Wildman–Crippen MR) is 108 cm³/mol. The fraction of sp³-hybridized carbons (Fsp3) is 0.316. The molecule has 0 aliphatic carbocycles. The van der Waals surface area contributed by atoms with Gasteiger partial charge < -0.3 is 10.4 Å². The Morgan fingerprint density at radius 1 is 1.31 bits per heavy atom. The number of hydrogen-bond donors (Lipinski definition) is 3. The summed E-state index contributed by atoms with van der Waals surface area (Å²) in [7, 11) is -3.75. The summed E-state index contributed by atoms with van der Waals surface area (Å²) in [5.74, 6) is -2.08. The number of carbonyl (C=O) groups is 1. The highest BCUT2D eigenvalue weighted by Gasteiger charge is 2.33. The van der Waals surface area contributed by atoms with Gasteiger partial charge in [0, 0.05) is 40.9 Å². The van der Waals surface area contributed by atoms with Crippen LogP contribution in [0.1, 0.15) is 39.2 Å². The van der Waals surface area contributed by atoms with Gasteiger partial charge in [-0.1, -0.05) is 12.1 Å². The maximum absolute atomic E-state index is 12.2. The third kappa shape index (κ3) is 5.30. The molecule has 0 bridgehead atoms. The topological polar surface area (TPSA) is 139 Å². The lowest BCUT2D eigenvalue weighted by molar-refractivity contribution is -0.384. The maximum atomic E-state index is 12.2. The standard InChI is InChI=1S/C19H23N3O6S/c1-11(2)21-29(27,28)9-8-16-12(3)20-13(4)17(19(23)24)18(16)14-6-5-7-15(10-14)22(25)26/h5-11,18,20-21H,1-4H3,(H,23,24)/b9-8+/t18-/m0/s1. The molecule has 0 fully saturated rings. The van der Waals surface area contributed by atoms with Gasteiger partial charge in [-0.3, -0.25) is 10.1 Å². The number of dihydropyridines is 1. The Morgan fingerprint density at radius 3 is 2.52 bits per heavy atom. The summed E-state index contributed by atoms with van der Waals surface area (Å²) in [6.07, 6.45) is 1.33. The number of aliphatic carboxylic acids is 1. The molecule has 1 aromatic carbocycles. The van der Waals surface area contributed by atoms with E-state index in [0.29, 0.717) is 22.5 Å². The summed E-state index contributed by atoms with van der Waals surface area (Å²) < 4.78 is 26.8. The number of nitrogens with one attached hydrogen (secondary N) is 2. The van der Waals surface area contributed by atoms with Crippen LogP contribution >= 0.6 is 0 Å². The van der Waals surface area contributed by atoms with Gasteiger partial charge in [-0.05, 0) is 44.9 Å². The van der Waals surface area contributed by atoms with Crippen molar-refractivity contribution in [3.63, 3.8) is 0 Å². The van der Waals surface area contributed by atoms with Gasteiger partial charge in [0.1, 0.15) is 0 Å². The van der Waals surface area contributed by atoms with Gasteiger partial charge in [-0.15, -0.1) is 0 Å². The van der Waals surface area contributed by atoms with Crippen molar-refractivity contribution in [1.82, 2.24) is 10.0 Å². The van der Waals surface area contributed by atoms with Crippen molar-refractivity contribution in [2.45, 2.75) is 39.7 Å². The van der Waals surface area contributed by atoms with Gasteiger partial charge >= 0.3 is 5.97 Å². The number of non-ortho nitro benzene ring substituents is 1. The molecule has 29 heavy (non-hydrogen) atoms. The van der Waals surface area contributed by atoms with Gasteiger partial charge in [-0.2, -0.15) is 0 Å². The number of carboxylic acids is 1. The average Bonchev–Trinajstić information content (AvgIpc) is 2.58. The van der Waals surface area contributed by atoms with Gasteiger partial charge in [-0.25, -0.2) is 17.9 Å². The van der Waals surface area contributed by atoms with Crippen LogP contribution in [-0.2, 0) is 14.8 Å². The van der Waals surface area contributed by atoms with Crippen LogP contribution in [0.2, 0.25) is 0 Å². The number of rotatable bonds is 7. The number of hydrogen-bond acceptors (Lipinski definition) is 6. The van der Waals surface area contributed by atoms with E-state index in [1.165, 1.54) is 24.3 Å². The van der Waals surface area contributed by atoms with Crippen molar-refractivity contribution in [1.29, 1.82) is 0 Å². The lowest BCUT2D eigenvalue weighted by atomic mass is 9.80. The third-order valence-corrected chi connectivity index (χ3v) is 5.58. The van der Waals surface area contributed by atoms with Gasteiger partial charge in [0.25, 0.3) is 5.69 Å². The summed E-state index contributed by atoms with van der Waals surface area (Å²) in [5, 5.41) is 24.9. The molecular formula is C19H23N3O6S. The van der Waals surface area contributed by atoms with Gasteiger partial charge in [0.2, 0.25) is 10.0 Å². The minimum Gasteiger partial charge on any atom is -0.478 e. The van der Waals surface area contributed by atoms with Crippen molar-refractivity contribution in [3.05, 3.63) is 74.0 Å². The van der Waals surface area contributed by atoms with E-state index in [-0.39, 0.29) is 17.3 Å². The minimum absolute atomic E-state index is 0.00929. The number of nitrogens with zero attached hydrogens (tertiary/aromatic N) is 1. The van der Waals surface area contributed by atoms with Gasteiger partial charge in [0.15, 0.2) is 0 Å². The molecule has 1 atom stereocenters. The quantitative estimate of drug-likeness (QED) is 0.454. The number of nitro groups is 1. The number of allylic oxidation sites excluding steroid dienone is 4. The second kappa shape index (κ2) is 8.58. The minimum atomic E-state index is -3.75. The monoisotopic (exact) mass is 421 g/mol. The van der Waals surface area contributed by atoms with Crippen molar-refractivity contribution in [2.24, 2.45) is 0 Å². The summed E-state index contributed by atoms with van der Waals surface area (Å²) in [5.41, 5.74) is 1.52. The summed E-state index contributed by atoms with van der Waals surface area (Å²) in [6.45, 7) is 6.64. The molecule has 156 valence electrons. The van der Waals surface area contributed by atoms with E-state index in [2.05, 4.69) is 10.0 Å². The smallest absolute Gasteiger partial charge is 0.334 e. The van der Waals surface area contributed by atoms with Crippen molar-refractivity contribution in [3.8, 4) is 0 Å². The first kappa shape index (κ1) is 22.3. The molecule has 1 aromatic rings. The third-order valence-electron chi connectivity index (χ3n) is 4.28. The molecule has 9 nitrogen and oxygen atoms in total. The zero-order valence-corrected chi connectivity index (χ0v) is 17.3. The number of benzene rings is 1. The van der Waals surface area contributed by atoms with Crippen molar-refractivity contribution in [2.75, 3.05) is 0 Å². The van der Waals surface area contributed by atoms with Crippen LogP contribution < -0.4 is 10.0 Å². The van der Waals surface area contributed by atoms with E-state index in [0.717, 1.165) is 5.41 Å². The zero-order valence-electron chi connectivity index (χ0n) is 16.5. The molecule has 2 rings (SSSR count). The van der Waals surface area contributed by atoms with Crippen LogP contribution in [0.5, 0.6) is 0 Å². The van der Waals surface area contributed by atoms with E-state index in [1.807, 2.05) is 0 Å². The van der Waals surface area contributed by atoms with Crippen molar-refractivity contribution >= 4 is 21.7 Å². The summed E-state index contributed by atoms with van der Waals surface area (Å²) >= 11 is 0. The molecule has 1 heterocycles. The second-order valence-corrected chi connectivity index (χ2v) is 8.55. The first-order valence-corrected chi connectivity index (χ1v) is 10.3. The molecule has 1 aliphatic heterocycles. The normalized spacial score (nSPS) is 17.8. The van der Waals surface area contributed by atoms with E-state index < -0.39 is 26.8 Å². The predicted octanol–water partition coefficient (Wildman–Crippen LogP) is 2.76. The zero-order chi connectivity index (χ0) is 21.9. The van der Waals surface area contributed by atoms with Crippen molar-refractivity contribution < 1.29 is 23.2 Å². The van der Waals surface area contributed by atoms with Crippen LogP contribution in [0.25, 0.3) is 0 Å². The van der Waals surface area contributed by atoms with E-state index in [1.54, 1.807) is 33.8 Å². The Hall–Kier alpha value is -2.98. The van der Waals surface area contributed by atoms with Crippen LogP contribution in [-0.4, -0.2) is 30.5 Å². The average molecular weight is 421 g/mol. The lowest BCUT2D eigenvalue weighted by Gasteiger charge is -2.29. The summed E-state index contributed by atoms with van der Waals surface area (Å²) in [6, 6.07) is 5.35. The van der Waals surface area contributed by atoms with Gasteiger partial charge in [0.05, 0.1) is 10.5 Å².